The fourth-order valence-electron chi connectivity index (χ4n) is 2.71. The normalized spacial score (nSPS) is 18.0. The maximum absolute atomic E-state index is 13.4. The highest BCUT2D eigenvalue weighted by Gasteiger charge is 2.24. The van der Waals surface area contributed by atoms with Crippen LogP contribution in [0, 0.1) is 23.6 Å². The van der Waals surface area contributed by atoms with Crippen molar-refractivity contribution < 1.29 is 9.18 Å². The fourth-order valence-corrected chi connectivity index (χ4v) is 2.71. The molecule has 1 unspecified atom stereocenters. The molecule has 2 N–H and O–H groups in total. The van der Waals surface area contributed by atoms with E-state index in [1.807, 2.05) is 4.90 Å². The van der Waals surface area contributed by atoms with Crippen LogP contribution < -0.4 is 5.73 Å². The molecule has 1 aliphatic heterocycles. The van der Waals surface area contributed by atoms with E-state index in [9.17, 15) is 9.18 Å². The summed E-state index contributed by atoms with van der Waals surface area (Å²) in [5.74, 6) is 5.59. The Kier molecular flexibility index (Phi) is 5.35. The highest BCUT2D eigenvalue weighted by atomic mass is 19.1. The standard InChI is InChI=1S/C17H21FN2O/c1-2-13-5-4-10-20(12-13)17(21)16-8-7-15(18)11-14(16)6-3-9-19/h7-8,11,13H,2,4-5,9-10,12,19H2,1H3. The molecule has 1 aromatic carbocycles. The van der Waals surface area contributed by atoms with E-state index >= 15 is 0 Å². The molecule has 0 bridgehead atoms. The monoisotopic (exact) mass is 288 g/mol. The smallest absolute Gasteiger partial charge is 0.255 e. The van der Waals surface area contributed by atoms with Crippen molar-refractivity contribution in [1.29, 1.82) is 0 Å². The molecular formula is C17H21FN2O. The lowest BCUT2D eigenvalue weighted by atomic mass is 9.94. The summed E-state index contributed by atoms with van der Waals surface area (Å²) < 4.78 is 13.4. The van der Waals surface area contributed by atoms with E-state index in [-0.39, 0.29) is 12.5 Å². The number of likely N-dealkylation sites (tertiary alicyclic amines) is 1. The van der Waals surface area contributed by atoms with Gasteiger partial charge in [0.25, 0.3) is 5.91 Å². The van der Waals surface area contributed by atoms with E-state index in [4.69, 9.17) is 5.73 Å². The van der Waals surface area contributed by atoms with Crippen molar-refractivity contribution >= 4 is 5.91 Å². The molecule has 1 aliphatic rings. The van der Waals surface area contributed by atoms with Crippen LogP contribution in [-0.4, -0.2) is 30.4 Å². The zero-order valence-electron chi connectivity index (χ0n) is 12.4. The highest BCUT2D eigenvalue weighted by molar-refractivity contribution is 5.96. The van der Waals surface area contributed by atoms with Gasteiger partial charge in [-0.05, 0) is 37.0 Å². The molecule has 1 aromatic rings. The first-order chi connectivity index (χ1) is 10.2. The number of rotatable bonds is 2. The number of piperidine rings is 1. The molecule has 0 aliphatic carbocycles. The summed E-state index contributed by atoms with van der Waals surface area (Å²) in [4.78, 5) is 14.5. The van der Waals surface area contributed by atoms with Gasteiger partial charge in [-0.15, -0.1) is 0 Å². The first-order valence-electron chi connectivity index (χ1n) is 7.43. The van der Waals surface area contributed by atoms with Gasteiger partial charge in [-0.2, -0.15) is 0 Å². The van der Waals surface area contributed by atoms with Gasteiger partial charge in [0.05, 0.1) is 12.1 Å². The molecule has 1 fully saturated rings. The summed E-state index contributed by atoms with van der Waals surface area (Å²) in [6.07, 6.45) is 3.27. The average Bonchev–Trinajstić information content (AvgIpc) is 2.52. The number of benzene rings is 1. The Morgan fingerprint density at radius 1 is 1.52 bits per heavy atom. The third kappa shape index (κ3) is 3.83. The Morgan fingerprint density at radius 2 is 2.33 bits per heavy atom. The van der Waals surface area contributed by atoms with E-state index in [1.165, 1.54) is 24.6 Å². The van der Waals surface area contributed by atoms with Crippen LogP contribution >= 0.6 is 0 Å². The molecule has 2 rings (SSSR count). The van der Waals surface area contributed by atoms with Gasteiger partial charge < -0.3 is 10.6 Å². The largest absolute Gasteiger partial charge is 0.338 e. The molecule has 21 heavy (non-hydrogen) atoms. The Morgan fingerprint density at radius 3 is 3.05 bits per heavy atom. The highest BCUT2D eigenvalue weighted by Crippen LogP contribution is 2.22. The van der Waals surface area contributed by atoms with E-state index in [2.05, 4.69) is 18.8 Å². The molecule has 0 aromatic heterocycles. The summed E-state index contributed by atoms with van der Waals surface area (Å²) in [6.45, 7) is 3.87. The second kappa shape index (κ2) is 7.24. The second-order valence-corrected chi connectivity index (χ2v) is 5.36. The molecule has 3 nitrogen and oxygen atoms in total. The number of hydrogen-bond acceptors (Lipinski definition) is 2. The lowest BCUT2D eigenvalue weighted by Crippen LogP contribution is -2.40. The van der Waals surface area contributed by atoms with Crippen LogP contribution in [0.25, 0.3) is 0 Å². The van der Waals surface area contributed by atoms with Crippen molar-refractivity contribution in [3.63, 3.8) is 0 Å². The number of nitrogens with zero attached hydrogens (tertiary/aromatic N) is 1. The fraction of sp³-hybridized carbons (Fsp3) is 0.471. The number of amides is 1. The van der Waals surface area contributed by atoms with Crippen molar-refractivity contribution in [2.75, 3.05) is 19.6 Å². The molecule has 112 valence electrons. The molecular weight excluding hydrogens is 267 g/mol. The molecule has 1 atom stereocenters. The first kappa shape index (κ1) is 15.5. The Balaban J connectivity index is 2.26. The lowest BCUT2D eigenvalue weighted by Gasteiger charge is -2.32. The SMILES string of the molecule is CCC1CCCN(C(=O)c2ccc(F)cc2C#CCN)C1. The molecule has 0 spiro atoms. The summed E-state index contributed by atoms with van der Waals surface area (Å²) in [7, 11) is 0. The van der Waals surface area contributed by atoms with Crippen LogP contribution in [0.5, 0.6) is 0 Å². The van der Waals surface area contributed by atoms with Gasteiger partial charge in [-0.1, -0.05) is 25.2 Å². The molecule has 0 radical (unpaired) electrons. The number of hydrogen-bond donors (Lipinski definition) is 1. The quantitative estimate of drug-likeness (QED) is 0.849. The molecule has 4 heteroatoms. The van der Waals surface area contributed by atoms with E-state index < -0.39 is 5.82 Å². The third-order valence-corrected chi connectivity index (χ3v) is 3.92. The minimum absolute atomic E-state index is 0.0607. The van der Waals surface area contributed by atoms with Crippen molar-refractivity contribution in [1.82, 2.24) is 4.90 Å². The van der Waals surface area contributed by atoms with Gasteiger partial charge in [0.1, 0.15) is 5.82 Å². The van der Waals surface area contributed by atoms with E-state index in [0.29, 0.717) is 17.0 Å². The van der Waals surface area contributed by atoms with Crippen LogP contribution in [0.3, 0.4) is 0 Å². The van der Waals surface area contributed by atoms with Crippen LogP contribution in [0.4, 0.5) is 4.39 Å². The van der Waals surface area contributed by atoms with Crippen LogP contribution in [0.1, 0.15) is 42.1 Å². The maximum Gasteiger partial charge on any atom is 0.255 e. The first-order valence-corrected chi connectivity index (χ1v) is 7.43. The predicted octanol–water partition coefficient (Wildman–Crippen LogP) is 2.40. The zero-order chi connectivity index (χ0) is 15.2. The van der Waals surface area contributed by atoms with Gasteiger partial charge >= 0.3 is 0 Å². The van der Waals surface area contributed by atoms with Gasteiger partial charge in [0.15, 0.2) is 0 Å². The number of carbonyl (C=O) groups is 1. The van der Waals surface area contributed by atoms with Gasteiger partial charge in [0, 0.05) is 18.7 Å². The molecule has 1 saturated heterocycles. The molecule has 1 amide bonds. The second-order valence-electron chi connectivity index (χ2n) is 5.36. The van der Waals surface area contributed by atoms with Gasteiger partial charge in [-0.3, -0.25) is 4.79 Å². The van der Waals surface area contributed by atoms with Crippen molar-refractivity contribution in [2.24, 2.45) is 11.7 Å². The van der Waals surface area contributed by atoms with Crippen molar-refractivity contribution in [2.45, 2.75) is 26.2 Å². The van der Waals surface area contributed by atoms with Crippen LogP contribution in [-0.2, 0) is 0 Å². The number of halogens is 1. The molecule has 0 saturated carbocycles. The van der Waals surface area contributed by atoms with E-state index in [1.54, 1.807) is 0 Å². The van der Waals surface area contributed by atoms with Gasteiger partial charge in [-0.25, -0.2) is 4.39 Å². The van der Waals surface area contributed by atoms with Gasteiger partial charge in [0.2, 0.25) is 0 Å². The summed E-state index contributed by atoms with van der Waals surface area (Å²) in [6, 6.07) is 4.13. The number of carbonyl (C=O) groups excluding carboxylic acids is 1. The maximum atomic E-state index is 13.4. The Labute approximate surface area is 125 Å². The summed E-state index contributed by atoms with van der Waals surface area (Å²) in [5, 5.41) is 0. The van der Waals surface area contributed by atoms with Crippen molar-refractivity contribution in [3.8, 4) is 11.8 Å². The molecule has 1 heterocycles. The lowest BCUT2D eigenvalue weighted by molar-refractivity contribution is 0.0671. The van der Waals surface area contributed by atoms with Crippen LogP contribution in [0.2, 0.25) is 0 Å². The third-order valence-electron chi connectivity index (χ3n) is 3.92. The summed E-state index contributed by atoms with van der Waals surface area (Å²) >= 11 is 0. The average molecular weight is 288 g/mol. The summed E-state index contributed by atoms with van der Waals surface area (Å²) in [5.41, 5.74) is 6.24. The van der Waals surface area contributed by atoms with E-state index in [0.717, 1.165) is 25.9 Å². The zero-order valence-corrected chi connectivity index (χ0v) is 12.4. The minimum atomic E-state index is -0.391. The van der Waals surface area contributed by atoms with Crippen LogP contribution in [0.15, 0.2) is 18.2 Å². The Hall–Kier alpha value is -1.86. The van der Waals surface area contributed by atoms with Crippen molar-refractivity contribution in [3.05, 3.63) is 35.1 Å². The topological polar surface area (TPSA) is 46.3 Å². The number of nitrogens with two attached hydrogens (primary N) is 1. The predicted molar refractivity (Wildman–Crippen MR) is 81.3 cm³/mol. The minimum Gasteiger partial charge on any atom is -0.338 e. The Bertz CT molecular complexity index is 574.